The Hall–Kier alpha value is -3.15. The van der Waals surface area contributed by atoms with Crippen LogP contribution in [0.25, 0.3) is 0 Å². The average molecular weight is 349 g/mol. The Labute approximate surface area is 153 Å². The van der Waals surface area contributed by atoms with Crippen LogP contribution in [0.2, 0.25) is 0 Å². The number of methoxy groups -OCH3 is 1. The molecule has 0 aliphatic carbocycles. The third-order valence-corrected chi connectivity index (χ3v) is 4.14. The predicted molar refractivity (Wildman–Crippen MR) is 105 cm³/mol. The van der Waals surface area contributed by atoms with Gasteiger partial charge in [-0.2, -0.15) is 10.1 Å². The van der Waals surface area contributed by atoms with Crippen LogP contribution in [0.3, 0.4) is 0 Å². The molecule has 0 saturated carbocycles. The van der Waals surface area contributed by atoms with Gasteiger partial charge in [0.05, 0.1) is 13.3 Å². The molecule has 0 aliphatic heterocycles. The van der Waals surface area contributed by atoms with Gasteiger partial charge in [0.2, 0.25) is 5.95 Å². The van der Waals surface area contributed by atoms with Gasteiger partial charge in [-0.1, -0.05) is 38.1 Å². The highest BCUT2D eigenvalue weighted by Gasteiger charge is 2.09. The monoisotopic (exact) mass is 349 g/mol. The maximum atomic E-state index is 5.24. The number of aromatic nitrogens is 3. The first kappa shape index (κ1) is 17.7. The van der Waals surface area contributed by atoms with E-state index in [1.165, 1.54) is 11.1 Å². The number of rotatable bonds is 7. The lowest BCUT2D eigenvalue weighted by atomic mass is 10.0. The molecule has 0 spiro atoms. The number of aryl methyl sites for hydroxylation is 2. The standard InChI is InChI=1S/C20H23N5O/c1-4-14-8-6-9-15(5-2)19(14)23-18-13-21-25-20(24-18)22-16-10-7-11-17(12-16)26-3/h6-13H,4-5H2,1-3H3,(H2,22,23,24,25). The Balaban J connectivity index is 1.84. The van der Waals surface area contributed by atoms with Crippen molar-refractivity contribution in [3.05, 3.63) is 59.8 Å². The van der Waals surface area contributed by atoms with Gasteiger partial charge < -0.3 is 15.4 Å². The fourth-order valence-corrected chi connectivity index (χ4v) is 2.78. The van der Waals surface area contributed by atoms with Crippen LogP contribution in [0.4, 0.5) is 23.1 Å². The van der Waals surface area contributed by atoms with E-state index >= 15 is 0 Å². The minimum absolute atomic E-state index is 0.426. The SMILES string of the molecule is CCc1cccc(CC)c1Nc1cnnc(Nc2cccc(OC)c2)n1. The number of ether oxygens (including phenoxy) is 1. The maximum Gasteiger partial charge on any atom is 0.249 e. The zero-order valence-corrected chi connectivity index (χ0v) is 15.3. The molecule has 0 saturated heterocycles. The van der Waals surface area contributed by atoms with Crippen LogP contribution in [0.5, 0.6) is 5.75 Å². The molecule has 1 heterocycles. The quantitative estimate of drug-likeness (QED) is 0.655. The molecule has 2 aromatic carbocycles. The summed E-state index contributed by atoms with van der Waals surface area (Å²) in [7, 11) is 1.64. The van der Waals surface area contributed by atoms with Crippen molar-refractivity contribution in [2.45, 2.75) is 26.7 Å². The maximum absolute atomic E-state index is 5.24. The Morgan fingerprint density at radius 2 is 1.69 bits per heavy atom. The van der Waals surface area contributed by atoms with E-state index < -0.39 is 0 Å². The second-order valence-electron chi connectivity index (χ2n) is 5.81. The topological polar surface area (TPSA) is 72.0 Å². The molecule has 3 rings (SSSR count). The van der Waals surface area contributed by atoms with Gasteiger partial charge in [0.15, 0.2) is 5.82 Å². The minimum atomic E-state index is 0.426. The highest BCUT2D eigenvalue weighted by molar-refractivity contribution is 5.66. The predicted octanol–water partition coefficient (Wildman–Crippen LogP) is 4.49. The summed E-state index contributed by atoms with van der Waals surface area (Å²) in [6, 6.07) is 13.9. The van der Waals surface area contributed by atoms with E-state index in [0.717, 1.165) is 30.0 Å². The summed E-state index contributed by atoms with van der Waals surface area (Å²) >= 11 is 0. The van der Waals surface area contributed by atoms with Crippen LogP contribution in [0.1, 0.15) is 25.0 Å². The number of hydrogen-bond acceptors (Lipinski definition) is 6. The molecule has 2 N–H and O–H groups in total. The summed E-state index contributed by atoms with van der Waals surface area (Å²) in [5, 5.41) is 14.7. The van der Waals surface area contributed by atoms with Gasteiger partial charge in [-0.15, -0.1) is 5.10 Å². The molecule has 6 heteroatoms. The van der Waals surface area contributed by atoms with E-state index in [1.807, 2.05) is 24.3 Å². The van der Waals surface area contributed by atoms with Crippen molar-refractivity contribution in [2.75, 3.05) is 17.7 Å². The normalized spacial score (nSPS) is 10.4. The van der Waals surface area contributed by atoms with Gasteiger partial charge in [-0.3, -0.25) is 0 Å². The van der Waals surface area contributed by atoms with Crippen molar-refractivity contribution in [2.24, 2.45) is 0 Å². The lowest BCUT2D eigenvalue weighted by Gasteiger charge is -2.15. The average Bonchev–Trinajstić information content (AvgIpc) is 2.68. The lowest BCUT2D eigenvalue weighted by Crippen LogP contribution is -2.05. The molecule has 3 aromatic rings. The number of nitrogens with one attached hydrogen (secondary N) is 2. The Kier molecular flexibility index (Phi) is 5.63. The van der Waals surface area contributed by atoms with E-state index in [9.17, 15) is 0 Å². The zero-order valence-electron chi connectivity index (χ0n) is 15.3. The van der Waals surface area contributed by atoms with Gasteiger partial charge in [-0.25, -0.2) is 0 Å². The van der Waals surface area contributed by atoms with Crippen LogP contribution in [-0.4, -0.2) is 22.3 Å². The van der Waals surface area contributed by atoms with Gasteiger partial charge in [0.1, 0.15) is 5.75 Å². The van der Waals surface area contributed by atoms with Crippen molar-refractivity contribution in [3.8, 4) is 5.75 Å². The van der Waals surface area contributed by atoms with Crippen LogP contribution in [0.15, 0.2) is 48.7 Å². The molecule has 1 aromatic heterocycles. The van der Waals surface area contributed by atoms with E-state index in [1.54, 1.807) is 13.3 Å². The lowest BCUT2D eigenvalue weighted by molar-refractivity contribution is 0.415. The zero-order chi connectivity index (χ0) is 18.4. The summed E-state index contributed by atoms with van der Waals surface area (Å²) in [6.07, 6.45) is 3.52. The molecule has 0 unspecified atom stereocenters. The molecule has 0 atom stereocenters. The number of benzene rings is 2. The molecule has 0 bridgehead atoms. The van der Waals surface area contributed by atoms with Crippen molar-refractivity contribution >= 4 is 23.1 Å². The van der Waals surface area contributed by atoms with Gasteiger partial charge in [0, 0.05) is 17.4 Å². The molecule has 6 nitrogen and oxygen atoms in total. The minimum Gasteiger partial charge on any atom is -0.497 e. The van der Waals surface area contributed by atoms with Crippen LogP contribution >= 0.6 is 0 Å². The smallest absolute Gasteiger partial charge is 0.249 e. The molecule has 0 radical (unpaired) electrons. The number of hydrogen-bond donors (Lipinski definition) is 2. The first-order valence-electron chi connectivity index (χ1n) is 8.72. The molecule has 0 fully saturated rings. The number of anilines is 4. The van der Waals surface area contributed by atoms with E-state index in [2.05, 4.69) is 57.9 Å². The highest BCUT2D eigenvalue weighted by atomic mass is 16.5. The summed E-state index contributed by atoms with van der Waals surface area (Å²) in [6.45, 7) is 4.29. The van der Waals surface area contributed by atoms with Crippen molar-refractivity contribution in [1.29, 1.82) is 0 Å². The first-order valence-corrected chi connectivity index (χ1v) is 8.72. The van der Waals surface area contributed by atoms with E-state index in [-0.39, 0.29) is 0 Å². The molecule has 26 heavy (non-hydrogen) atoms. The Morgan fingerprint density at radius 1 is 0.962 bits per heavy atom. The van der Waals surface area contributed by atoms with Gasteiger partial charge in [-0.05, 0) is 36.1 Å². The second kappa shape index (κ2) is 8.29. The largest absolute Gasteiger partial charge is 0.497 e. The molecular weight excluding hydrogens is 326 g/mol. The van der Waals surface area contributed by atoms with Gasteiger partial charge >= 0.3 is 0 Å². The second-order valence-corrected chi connectivity index (χ2v) is 5.81. The molecular formula is C20H23N5O. The third kappa shape index (κ3) is 4.08. The highest BCUT2D eigenvalue weighted by Crippen LogP contribution is 2.26. The summed E-state index contributed by atoms with van der Waals surface area (Å²) in [4.78, 5) is 4.53. The molecule has 134 valence electrons. The fourth-order valence-electron chi connectivity index (χ4n) is 2.78. The van der Waals surface area contributed by atoms with Crippen LogP contribution < -0.4 is 15.4 Å². The van der Waals surface area contributed by atoms with E-state index in [4.69, 9.17) is 4.74 Å². The van der Waals surface area contributed by atoms with Crippen molar-refractivity contribution < 1.29 is 4.74 Å². The molecule has 0 aliphatic rings. The number of para-hydroxylation sites is 1. The summed E-state index contributed by atoms with van der Waals surface area (Å²) in [5.74, 6) is 1.85. The Bertz CT molecular complexity index is 859. The van der Waals surface area contributed by atoms with Crippen molar-refractivity contribution in [1.82, 2.24) is 15.2 Å². The first-order chi connectivity index (χ1) is 12.7. The summed E-state index contributed by atoms with van der Waals surface area (Å²) < 4.78 is 5.24. The fraction of sp³-hybridized carbons (Fsp3) is 0.250. The van der Waals surface area contributed by atoms with E-state index in [0.29, 0.717) is 11.8 Å². The van der Waals surface area contributed by atoms with Crippen LogP contribution in [0, 0.1) is 0 Å². The van der Waals surface area contributed by atoms with Crippen molar-refractivity contribution in [3.63, 3.8) is 0 Å². The van der Waals surface area contributed by atoms with Gasteiger partial charge in [0.25, 0.3) is 0 Å². The summed E-state index contributed by atoms with van der Waals surface area (Å²) in [5.41, 5.74) is 4.45. The number of nitrogens with zero attached hydrogens (tertiary/aromatic N) is 3. The molecule has 0 amide bonds. The third-order valence-electron chi connectivity index (χ3n) is 4.14. The van der Waals surface area contributed by atoms with Crippen LogP contribution in [-0.2, 0) is 12.8 Å². The Morgan fingerprint density at radius 3 is 2.38 bits per heavy atom.